The van der Waals surface area contributed by atoms with E-state index in [1.54, 1.807) is 0 Å². The zero-order chi connectivity index (χ0) is 14.3. The summed E-state index contributed by atoms with van der Waals surface area (Å²) in [6.45, 7) is 10.8. The van der Waals surface area contributed by atoms with Gasteiger partial charge in [-0.1, -0.05) is 32.9 Å². The first-order chi connectivity index (χ1) is 8.72. The lowest BCUT2D eigenvalue weighted by Gasteiger charge is -2.37. The van der Waals surface area contributed by atoms with Crippen molar-refractivity contribution < 1.29 is 9.53 Å². The summed E-state index contributed by atoms with van der Waals surface area (Å²) in [6, 6.07) is 6.52. The van der Waals surface area contributed by atoms with Crippen molar-refractivity contribution in [1.82, 2.24) is 0 Å². The van der Waals surface area contributed by atoms with E-state index < -0.39 is 14.8 Å². The van der Waals surface area contributed by atoms with E-state index in [-0.39, 0.29) is 5.41 Å². The topological polar surface area (TPSA) is 29.5 Å². The number of benzene rings is 1. The van der Waals surface area contributed by atoms with Gasteiger partial charge < -0.3 is 9.53 Å². The minimum absolute atomic E-state index is 0.0998. The molecule has 1 aliphatic rings. The average molecular weight is 278 g/mol. The Labute approximate surface area is 118 Å². The third kappa shape index (κ3) is 3.10. The summed E-state index contributed by atoms with van der Waals surface area (Å²) in [5.74, 6) is -1.05. The molecule has 0 amide bonds. The molecule has 0 aromatic heterocycles. The van der Waals surface area contributed by atoms with Crippen molar-refractivity contribution in [2.45, 2.75) is 64.3 Å². The summed E-state index contributed by atoms with van der Waals surface area (Å²) in [4.78, 5) is 0. The Bertz CT molecular complexity index is 462. The highest BCUT2D eigenvalue weighted by molar-refractivity contribution is 6.48. The summed E-state index contributed by atoms with van der Waals surface area (Å²) in [5, 5.41) is 10.9. The molecule has 2 rings (SSSR count). The van der Waals surface area contributed by atoms with Gasteiger partial charge in [0.1, 0.15) is 0 Å². The first-order valence-electron chi connectivity index (χ1n) is 7.26. The molecular formula is C16H26O2Si. The second-order valence-electron chi connectivity index (χ2n) is 6.93. The van der Waals surface area contributed by atoms with Gasteiger partial charge in [-0.05, 0) is 48.5 Å². The number of hydrogen-bond acceptors (Lipinski definition) is 2. The maximum Gasteiger partial charge on any atom is 0.183 e. The van der Waals surface area contributed by atoms with Crippen LogP contribution in [0.3, 0.4) is 0 Å². The molecule has 1 N–H and O–H groups in total. The normalized spacial score (nSPS) is 23.5. The Kier molecular flexibility index (Phi) is 3.91. The van der Waals surface area contributed by atoms with Gasteiger partial charge in [0.15, 0.2) is 14.8 Å². The molecule has 1 aromatic rings. The fraction of sp³-hybridized carbons (Fsp3) is 0.625. The van der Waals surface area contributed by atoms with Gasteiger partial charge in [-0.3, -0.25) is 0 Å². The molecule has 0 spiro atoms. The van der Waals surface area contributed by atoms with E-state index in [1.165, 1.54) is 11.1 Å². The van der Waals surface area contributed by atoms with E-state index >= 15 is 0 Å². The molecule has 0 bridgehead atoms. The third-order valence-corrected chi connectivity index (χ3v) is 4.65. The molecule has 0 heterocycles. The molecule has 0 fully saturated rings. The van der Waals surface area contributed by atoms with Crippen LogP contribution in [0.2, 0.25) is 13.1 Å². The Morgan fingerprint density at radius 1 is 1.26 bits per heavy atom. The summed E-state index contributed by atoms with van der Waals surface area (Å²) in [6.07, 6.45) is 2.77. The molecular weight excluding hydrogens is 252 g/mol. The zero-order valence-corrected chi connectivity index (χ0v) is 13.9. The minimum atomic E-state index is -1.28. The van der Waals surface area contributed by atoms with Gasteiger partial charge >= 0.3 is 0 Å². The van der Waals surface area contributed by atoms with E-state index in [0.29, 0.717) is 0 Å². The summed E-state index contributed by atoms with van der Waals surface area (Å²) >= 11 is 0. The molecule has 1 unspecified atom stereocenters. The lowest BCUT2D eigenvalue weighted by Crippen LogP contribution is -2.37. The van der Waals surface area contributed by atoms with Crippen molar-refractivity contribution >= 4 is 9.04 Å². The van der Waals surface area contributed by atoms with Crippen LogP contribution in [0, 0.1) is 0 Å². The standard InChI is InChI=1S/C16H26O2Si/c1-15(2,3)13-9-8-12-7-6-10-16(17,14(12)11-13)18-19(4)5/h8-9,11,17,19H,6-7,10H2,1-5H3. The molecule has 1 atom stereocenters. The van der Waals surface area contributed by atoms with Crippen molar-refractivity contribution in [2.75, 3.05) is 0 Å². The van der Waals surface area contributed by atoms with Crippen LogP contribution in [0.5, 0.6) is 0 Å². The quantitative estimate of drug-likeness (QED) is 0.663. The van der Waals surface area contributed by atoms with Gasteiger partial charge in [0, 0.05) is 12.0 Å². The third-order valence-electron chi connectivity index (χ3n) is 3.79. The van der Waals surface area contributed by atoms with E-state index in [4.69, 9.17) is 4.43 Å². The molecule has 0 radical (unpaired) electrons. The summed E-state index contributed by atoms with van der Waals surface area (Å²) < 4.78 is 5.97. The minimum Gasteiger partial charge on any atom is -0.390 e. The van der Waals surface area contributed by atoms with Gasteiger partial charge in [0.25, 0.3) is 0 Å². The summed E-state index contributed by atoms with van der Waals surface area (Å²) in [7, 11) is -1.28. The van der Waals surface area contributed by atoms with Crippen LogP contribution < -0.4 is 0 Å². The fourth-order valence-corrected chi connectivity index (χ4v) is 3.81. The Hall–Kier alpha value is -0.643. The van der Waals surface area contributed by atoms with Crippen LogP contribution >= 0.6 is 0 Å². The maximum atomic E-state index is 10.9. The second-order valence-corrected chi connectivity index (χ2v) is 9.26. The van der Waals surface area contributed by atoms with Crippen molar-refractivity contribution in [3.05, 3.63) is 34.9 Å². The van der Waals surface area contributed by atoms with Crippen molar-refractivity contribution in [3.8, 4) is 0 Å². The molecule has 1 aliphatic carbocycles. The Morgan fingerprint density at radius 2 is 1.95 bits per heavy atom. The smallest absolute Gasteiger partial charge is 0.183 e. The van der Waals surface area contributed by atoms with Crippen LogP contribution in [0.4, 0.5) is 0 Å². The number of fused-ring (bicyclic) bond motifs is 1. The molecule has 0 saturated carbocycles. The van der Waals surface area contributed by atoms with Gasteiger partial charge in [-0.25, -0.2) is 0 Å². The number of aryl methyl sites for hydroxylation is 1. The SMILES string of the molecule is C[SiH](C)OC1(O)CCCc2ccc(C(C)(C)C)cc21. The first-order valence-corrected chi connectivity index (χ1v) is 10.0. The fourth-order valence-electron chi connectivity index (χ4n) is 2.79. The number of rotatable bonds is 2. The highest BCUT2D eigenvalue weighted by Crippen LogP contribution is 2.39. The highest BCUT2D eigenvalue weighted by Gasteiger charge is 2.36. The van der Waals surface area contributed by atoms with Crippen LogP contribution in [0.25, 0.3) is 0 Å². The van der Waals surface area contributed by atoms with E-state index in [0.717, 1.165) is 24.8 Å². The van der Waals surface area contributed by atoms with Crippen LogP contribution in [-0.4, -0.2) is 14.1 Å². The van der Waals surface area contributed by atoms with Gasteiger partial charge in [-0.2, -0.15) is 0 Å². The van der Waals surface area contributed by atoms with Gasteiger partial charge in [-0.15, -0.1) is 0 Å². The van der Waals surface area contributed by atoms with Crippen molar-refractivity contribution in [2.24, 2.45) is 0 Å². The van der Waals surface area contributed by atoms with E-state index in [9.17, 15) is 5.11 Å². The van der Waals surface area contributed by atoms with Crippen LogP contribution in [0.15, 0.2) is 18.2 Å². The van der Waals surface area contributed by atoms with E-state index in [1.807, 2.05) is 0 Å². The lowest BCUT2D eigenvalue weighted by atomic mass is 9.80. The van der Waals surface area contributed by atoms with Gasteiger partial charge in [0.2, 0.25) is 0 Å². The maximum absolute atomic E-state index is 10.9. The largest absolute Gasteiger partial charge is 0.390 e. The monoisotopic (exact) mass is 278 g/mol. The Morgan fingerprint density at radius 3 is 2.53 bits per heavy atom. The second kappa shape index (κ2) is 5.04. The highest BCUT2D eigenvalue weighted by atomic mass is 28.3. The lowest BCUT2D eigenvalue weighted by molar-refractivity contribution is -0.159. The van der Waals surface area contributed by atoms with Crippen molar-refractivity contribution in [1.29, 1.82) is 0 Å². The predicted molar refractivity (Wildman–Crippen MR) is 81.9 cm³/mol. The molecule has 3 heteroatoms. The molecule has 19 heavy (non-hydrogen) atoms. The Balaban J connectivity index is 2.47. The number of aliphatic hydroxyl groups is 1. The molecule has 2 nitrogen and oxygen atoms in total. The summed E-state index contributed by atoms with van der Waals surface area (Å²) in [5.41, 5.74) is 3.62. The number of hydrogen-bond donors (Lipinski definition) is 1. The molecule has 106 valence electrons. The van der Waals surface area contributed by atoms with Crippen LogP contribution in [0.1, 0.15) is 50.3 Å². The van der Waals surface area contributed by atoms with Crippen LogP contribution in [-0.2, 0) is 22.0 Å². The van der Waals surface area contributed by atoms with Crippen molar-refractivity contribution in [3.63, 3.8) is 0 Å². The van der Waals surface area contributed by atoms with E-state index in [2.05, 4.69) is 52.1 Å². The average Bonchev–Trinajstić information content (AvgIpc) is 2.26. The zero-order valence-electron chi connectivity index (χ0n) is 12.8. The first kappa shape index (κ1) is 14.8. The molecule has 1 aromatic carbocycles. The van der Waals surface area contributed by atoms with Gasteiger partial charge in [0.05, 0.1) is 0 Å². The predicted octanol–water partition coefficient (Wildman–Crippen LogP) is 3.47. The molecule has 0 saturated heterocycles. The molecule has 0 aliphatic heterocycles.